The number of carbonyl (C=O) groups is 2. The second kappa shape index (κ2) is 4.31. The van der Waals surface area contributed by atoms with Gasteiger partial charge in [-0.2, -0.15) is 0 Å². The fourth-order valence-corrected chi connectivity index (χ4v) is 2.13. The third-order valence-corrected chi connectivity index (χ3v) is 3.62. The molecule has 0 bridgehead atoms. The molecule has 0 saturated heterocycles. The van der Waals surface area contributed by atoms with Crippen molar-refractivity contribution in [2.24, 2.45) is 22.7 Å². The van der Waals surface area contributed by atoms with Crippen molar-refractivity contribution in [2.45, 2.75) is 41.0 Å². The molecule has 0 spiro atoms. The largest absolute Gasteiger partial charge is 0.481 e. The molecule has 4 heteroatoms. The molecule has 1 amide bonds. The smallest absolute Gasteiger partial charge is 0.316 e. The van der Waals surface area contributed by atoms with Crippen molar-refractivity contribution in [1.82, 2.24) is 5.32 Å². The normalized spacial score (nSPS) is 23.9. The lowest BCUT2D eigenvalue weighted by atomic mass is 9.80. The minimum atomic E-state index is -1.05. The molecule has 0 aromatic heterocycles. The monoisotopic (exact) mass is 241 g/mol. The van der Waals surface area contributed by atoms with E-state index >= 15 is 0 Å². The van der Waals surface area contributed by atoms with Crippen LogP contribution in [0, 0.1) is 22.7 Å². The van der Waals surface area contributed by atoms with Gasteiger partial charge in [-0.05, 0) is 23.2 Å². The van der Waals surface area contributed by atoms with Gasteiger partial charge in [0.25, 0.3) is 0 Å². The summed E-state index contributed by atoms with van der Waals surface area (Å²) in [5.41, 5.74) is -0.261. The summed E-state index contributed by atoms with van der Waals surface area (Å²) >= 11 is 0. The van der Waals surface area contributed by atoms with Crippen molar-refractivity contribution >= 4 is 11.9 Å². The highest BCUT2D eigenvalue weighted by Gasteiger charge is 2.46. The van der Waals surface area contributed by atoms with Crippen LogP contribution in [0.15, 0.2) is 0 Å². The highest BCUT2D eigenvalue weighted by atomic mass is 16.4. The van der Waals surface area contributed by atoms with Crippen LogP contribution >= 0.6 is 0 Å². The van der Waals surface area contributed by atoms with E-state index in [2.05, 4.69) is 19.2 Å². The first-order valence-electron chi connectivity index (χ1n) is 6.06. The highest BCUT2D eigenvalue weighted by molar-refractivity contribution is 5.97. The molecule has 1 fully saturated rings. The predicted molar refractivity (Wildman–Crippen MR) is 65.5 cm³/mol. The van der Waals surface area contributed by atoms with E-state index in [4.69, 9.17) is 5.11 Å². The van der Waals surface area contributed by atoms with E-state index in [9.17, 15) is 9.59 Å². The minimum Gasteiger partial charge on any atom is -0.481 e. The molecular formula is C13H23NO3. The summed E-state index contributed by atoms with van der Waals surface area (Å²) < 4.78 is 0. The second-order valence-electron chi connectivity index (χ2n) is 6.77. The number of aliphatic carboxylic acids is 1. The molecule has 1 aliphatic rings. The van der Waals surface area contributed by atoms with E-state index < -0.39 is 17.3 Å². The number of amides is 1. The fraction of sp³-hybridized carbons (Fsp3) is 0.846. The van der Waals surface area contributed by atoms with E-state index in [0.717, 1.165) is 6.42 Å². The van der Waals surface area contributed by atoms with Gasteiger partial charge in [0, 0.05) is 6.54 Å². The standard InChI is InChI=1S/C13H23NO3/c1-12(2,3)9(11(16)17)10(15)14-7-8-6-13(8,4)5/h8-9H,6-7H2,1-5H3,(H,14,15)(H,16,17). The molecule has 2 N–H and O–H groups in total. The van der Waals surface area contributed by atoms with Crippen LogP contribution in [-0.2, 0) is 9.59 Å². The van der Waals surface area contributed by atoms with Gasteiger partial charge in [-0.3, -0.25) is 9.59 Å². The van der Waals surface area contributed by atoms with Gasteiger partial charge in [0.05, 0.1) is 0 Å². The Balaban J connectivity index is 2.53. The van der Waals surface area contributed by atoms with Crippen LogP contribution in [0.25, 0.3) is 0 Å². The SMILES string of the molecule is CC(C)(C)C(C(=O)O)C(=O)NCC1CC1(C)C. The number of hydrogen-bond acceptors (Lipinski definition) is 2. The molecule has 0 aromatic rings. The maximum atomic E-state index is 11.9. The Labute approximate surface area is 103 Å². The number of nitrogens with one attached hydrogen (secondary N) is 1. The third-order valence-electron chi connectivity index (χ3n) is 3.62. The first kappa shape index (κ1) is 14.0. The average Bonchev–Trinajstić information content (AvgIpc) is 2.67. The van der Waals surface area contributed by atoms with Gasteiger partial charge in [0.1, 0.15) is 5.92 Å². The number of rotatable bonds is 4. The van der Waals surface area contributed by atoms with Gasteiger partial charge in [0.2, 0.25) is 5.91 Å². The zero-order valence-electron chi connectivity index (χ0n) is 11.3. The Kier molecular flexibility index (Phi) is 3.55. The zero-order chi connectivity index (χ0) is 13.4. The van der Waals surface area contributed by atoms with Gasteiger partial charge < -0.3 is 10.4 Å². The molecule has 98 valence electrons. The summed E-state index contributed by atoms with van der Waals surface area (Å²) in [7, 11) is 0. The Morgan fingerprint density at radius 1 is 1.41 bits per heavy atom. The predicted octanol–water partition coefficient (Wildman–Crippen LogP) is 1.90. The second-order valence-corrected chi connectivity index (χ2v) is 6.77. The lowest BCUT2D eigenvalue weighted by molar-refractivity contribution is -0.151. The molecule has 0 aromatic carbocycles. The van der Waals surface area contributed by atoms with Gasteiger partial charge in [0.15, 0.2) is 0 Å². The minimum absolute atomic E-state index is 0.299. The van der Waals surface area contributed by atoms with E-state index in [1.165, 1.54) is 0 Å². The topological polar surface area (TPSA) is 66.4 Å². The van der Waals surface area contributed by atoms with Crippen LogP contribution in [-0.4, -0.2) is 23.5 Å². The van der Waals surface area contributed by atoms with Crippen LogP contribution in [0.4, 0.5) is 0 Å². The third kappa shape index (κ3) is 3.45. The van der Waals surface area contributed by atoms with Crippen LogP contribution in [0.2, 0.25) is 0 Å². The zero-order valence-corrected chi connectivity index (χ0v) is 11.3. The number of hydrogen-bond donors (Lipinski definition) is 2. The number of carbonyl (C=O) groups excluding carboxylic acids is 1. The quantitative estimate of drug-likeness (QED) is 0.739. The molecule has 1 saturated carbocycles. The van der Waals surface area contributed by atoms with Crippen LogP contribution in [0.5, 0.6) is 0 Å². The Bertz CT molecular complexity index is 328. The molecule has 17 heavy (non-hydrogen) atoms. The van der Waals surface area contributed by atoms with Gasteiger partial charge >= 0.3 is 5.97 Å². The van der Waals surface area contributed by atoms with E-state index in [1.807, 2.05) is 0 Å². The first-order valence-corrected chi connectivity index (χ1v) is 6.06. The van der Waals surface area contributed by atoms with E-state index in [0.29, 0.717) is 17.9 Å². The molecule has 0 aliphatic heterocycles. The maximum absolute atomic E-state index is 11.9. The molecule has 2 unspecified atom stereocenters. The molecule has 4 nitrogen and oxygen atoms in total. The number of carboxylic acids is 1. The summed E-state index contributed by atoms with van der Waals surface area (Å²) in [5, 5.41) is 11.9. The van der Waals surface area contributed by atoms with E-state index in [1.54, 1.807) is 20.8 Å². The van der Waals surface area contributed by atoms with Crippen LogP contribution in [0.1, 0.15) is 41.0 Å². The first-order chi connectivity index (χ1) is 7.55. The molecule has 0 radical (unpaired) electrons. The summed E-state index contributed by atoms with van der Waals surface area (Å²) in [6.07, 6.45) is 1.10. The molecule has 0 heterocycles. The van der Waals surface area contributed by atoms with Gasteiger partial charge in [-0.1, -0.05) is 34.6 Å². The van der Waals surface area contributed by atoms with Crippen molar-refractivity contribution in [1.29, 1.82) is 0 Å². The van der Waals surface area contributed by atoms with Gasteiger partial charge in [-0.25, -0.2) is 0 Å². The molecule has 2 atom stereocenters. The van der Waals surface area contributed by atoms with Crippen LogP contribution in [0.3, 0.4) is 0 Å². The Hall–Kier alpha value is -1.06. The van der Waals surface area contributed by atoms with Crippen LogP contribution < -0.4 is 5.32 Å². The molecule has 1 rings (SSSR count). The van der Waals surface area contributed by atoms with Crippen molar-refractivity contribution in [3.05, 3.63) is 0 Å². The molecule has 1 aliphatic carbocycles. The van der Waals surface area contributed by atoms with Crippen molar-refractivity contribution in [2.75, 3.05) is 6.54 Å². The lowest BCUT2D eigenvalue weighted by Gasteiger charge is -2.26. The lowest BCUT2D eigenvalue weighted by Crippen LogP contribution is -2.43. The van der Waals surface area contributed by atoms with Gasteiger partial charge in [-0.15, -0.1) is 0 Å². The fourth-order valence-electron chi connectivity index (χ4n) is 2.13. The molecular weight excluding hydrogens is 218 g/mol. The Morgan fingerprint density at radius 2 is 1.88 bits per heavy atom. The summed E-state index contributed by atoms with van der Waals surface area (Å²) in [4.78, 5) is 23.0. The maximum Gasteiger partial charge on any atom is 0.316 e. The summed E-state index contributed by atoms with van der Waals surface area (Å²) in [6.45, 7) is 10.2. The van der Waals surface area contributed by atoms with E-state index in [-0.39, 0.29) is 5.91 Å². The number of carboxylic acid groups (broad SMARTS) is 1. The highest BCUT2D eigenvalue weighted by Crippen LogP contribution is 2.51. The van der Waals surface area contributed by atoms with Crippen molar-refractivity contribution < 1.29 is 14.7 Å². The summed E-state index contributed by atoms with van der Waals surface area (Å²) in [6, 6.07) is 0. The summed E-state index contributed by atoms with van der Waals surface area (Å²) in [5.74, 6) is -1.91. The van der Waals surface area contributed by atoms with Crippen molar-refractivity contribution in [3.8, 4) is 0 Å². The van der Waals surface area contributed by atoms with Crippen molar-refractivity contribution in [3.63, 3.8) is 0 Å². The average molecular weight is 241 g/mol. The Morgan fingerprint density at radius 3 is 2.18 bits per heavy atom.